The highest BCUT2D eigenvalue weighted by Gasteiger charge is 2.26. The molecule has 1 aromatic rings. The SMILES string of the molecule is Cc1cc(C#CCCC2CCN(C(=O)OC(C)(C)C)CC2)ccc1Br. The molecule has 1 heterocycles. The number of likely N-dealkylation sites (tertiary alicyclic amines) is 1. The van der Waals surface area contributed by atoms with E-state index in [1.165, 1.54) is 5.56 Å². The van der Waals surface area contributed by atoms with E-state index < -0.39 is 5.60 Å². The summed E-state index contributed by atoms with van der Waals surface area (Å²) >= 11 is 3.51. The zero-order valence-electron chi connectivity index (χ0n) is 15.7. The second kappa shape index (κ2) is 8.76. The average Bonchev–Trinajstić information content (AvgIpc) is 2.54. The molecule has 0 atom stereocenters. The Bertz CT molecular complexity index is 659. The van der Waals surface area contributed by atoms with E-state index in [4.69, 9.17) is 4.74 Å². The molecular formula is C21H28BrNO2. The highest BCUT2D eigenvalue weighted by molar-refractivity contribution is 9.10. The van der Waals surface area contributed by atoms with Crippen molar-refractivity contribution in [1.29, 1.82) is 0 Å². The molecule has 2 rings (SSSR count). The van der Waals surface area contributed by atoms with Gasteiger partial charge < -0.3 is 9.64 Å². The highest BCUT2D eigenvalue weighted by atomic mass is 79.9. The Hall–Kier alpha value is -1.47. The number of benzene rings is 1. The quantitative estimate of drug-likeness (QED) is 0.604. The fourth-order valence-corrected chi connectivity index (χ4v) is 3.14. The van der Waals surface area contributed by atoms with E-state index in [0.29, 0.717) is 5.92 Å². The Kier molecular flexibility index (Phi) is 6.95. The fourth-order valence-electron chi connectivity index (χ4n) is 2.89. The molecule has 1 fully saturated rings. The molecule has 25 heavy (non-hydrogen) atoms. The molecule has 1 aliphatic heterocycles. The van der Waals surface area contributed by atoms with E-state index in [0.717, 1.165) is 48.8 Å². The van der Waals surface area contributed by atoms with Crippen LogP contribution in [0.3, 0.4) is 0 Å². The molecule has 0 aliphatic carbocycles. The molecule has 136 valence electrons. The summed E-state index contributed by atoms with van der Waals surface area (Å²) in [6.07, 6.45) is 3.91. The molecule has 0 N–H and O–H groups in total. The van der Waals surface area contributed by atoms with Crippen LogP contribution in [0.25, 0.3) is 0 Å². The number of rotatable bonds is 2. The van der Waals surface area contributed by atoms with Gasteiger partial charge in [-0.05, 0) is 76.6 Å². The molecule has 0 radical (unpaired) electrons. The van der Waals surface area contributed by atoms with Crippen LogP contribution < -0.4 is 0 Å². The first-order valence-corrected chi connectivity index (χ1v) is 9.77. The number of halogens is 1. The molecule has 0 aromatic heterocycles. The number of hydrogen-bond acceptors (Lipinski definition) is 2. The van der Waals surface area contributed by atoms with Gasteiger partial charge in [-0.25, -0.2) is 4.79 Å². The third-order valence-corrected chi connectivity index (χ3v) is 5.22. The normalized spacial score (nSPS) is 15.5. The molecule has 1 aliphatic rings. The van der Waals surface area contributed by atoms with Gasteiger partial charge in [-0.15, -0.1) is 0 Å². The Balaban J connectivity index is 1.73. The van der Waals surface area contributed by atoms with Gasteiger partial charge >= 0.3 is 6.09 Å². The van der Waals surface area contributed by atoms with Crippen molar-refractivity contribution >= 4 is 22.0 Å². The van der Waals surface area contributed by atoms with Crippen LogP contribution in [0.4, 0.5) is 4.79 Å². The number of carbonyl (C=O) groups excluding carboxylic acids is 1. The van der Waals surface area contributed by atoms with E-state index in [1.54, 1.807) is 0 Å². The first-order chi connectivity index (χ1) is 11.7. The summed E-state index contributed by atoms with van der Waals surface area (Å²) in [5.41, 5.74) is 1.86. The van der Waals surface area contributed by atoms with E-state index in [2.05, 4.69) is 40.8 Å². The minimum Gasteiger partial charge on any atom is -0.444 e. The van der Waals surface area contributed by atoms with Crippen molar-refractivity contribution in [2.75, 3.05) is 13.1 Å². The first-order valence-electron chi connectivity index (χ1n) is 8.97. The predicted molar refractivity (Wildman–Crippen MR) is 106 cm³/mol. The Labute approximate surface area is 160 Å². The van der Waals surface area contributed by atoms with Gasteiger partial charge in [-0.2, -0.15) is 0 Å². The van der Waals surface area contributed by atoms with Gasteiger partial charge in [-0.3, -0.25) is 0 Å². The van der Waals surface area contributed by atoms with Gasteiger partial charge in [0.05, 0.1) is 0 Å². The summed E-state index contributed by atoms with van der Waals surface area (Å²) in [5.74, 6) is 7.19. The predicted octanol–water partition coefficient (Wildman–Crippen LogP) is 5.54. The molecule has 0 spiro atoms. The summed E-state index contributed by atoms with van der Waals surface area (Å²) in [7, 11) is 0. The maximum absolute atomic E-state index is 12.1. The van der Waals surface area contributed by atoms with Crippen LogP contribution in [0, 0.1) is 24.7 Å². The largest absolute Gasteiger partial charge is 0.444 e. The zero-order chi connectivity index (χ0) is 18.4. The Morgan fingerprint density at radius 1 is 1.32 bits per heavy atom. The number of hydrogen-bond donors (Lipinski definition) is 0. The van der Waals surface area contributed by atoms with E-state index in [1.807, 2.05) is 37.8 Å². The minimum atomic E-state index is -0.422. The molecule has 0 bridgehead atoms. The van der Waals surface area contributed by atoms with Crippen LogP contribution in [-0.4, -0.2) is 29.7 Å². The standard InChI is InChI=1S/C21H28BrNO2/c1-16-15-18(9-10-19(16)22)8-6-5-7-17-11-13-23(14-12-17)20(24)25-21(2,3)4/h9-10,15,17H,5,7,11-14H2,1-4H3. The van der Waals surface area contributed by atoms with Gasteiger partial charge in [0.2, 0.25) is 0 Å². The van der Waals surface area contributed by atoms with Crippen molar-refractivity contribution in [2.45, 2.75) is 59.0 Å². The third-order valence-electron chi connectivity index (χ3n) is 4.33. The molecule has 0 saturated carbocycles. The fraction of sp³-hybridized carbons (Fsp3) is 0.571. The lowest BCUT2D eigenvalue weighted by molar-refractivity contribution is 0.0182. The maximum Gasteiger partial charge on any atom is 0.410 e. The smallest absolute Gasteiger partial charge is 0.410 e. The van der Waals surface area contributed by atoms with Crippen molar-refractivity contribution < 1.29 is 9.53 Å². The molecule has 1 saturated heterocycles. The van der Waals surface area contributed by atoms with E-state index in [-0.39, 0.29) is 6.09 Å². The number of ether oxygens (including phenoxy) is 1. The van der Waals surface area contributed by atoms with Crippen molar-refractivity contribution in [3.05, 3.63) is 33.8 Å². The monoisotopic (exact) mass is 405 g/mol. The second-order valence-electron chi connectivity index (χ2n) is 7.72. The van der Waals surface area contributed by atoms with E-state index in [9.17, 15) is 4.79 Å². The van der Waals surface area contributed by atoms with Crippen LogP contribution in [-0.2, 0) is 4.74 Å². The third kappa shape index (κ3) is 6.74. The molecule has 0 unspecified atom stereocenters. The van der Waals surface area contributed by atoms with Crippen LogP contribution in [0.5, 0.6) is 0 Å². The van der Waals surface area contributed by atoms with Crippen LogP contribution in [0.2, 0.25) is 0 Å². The van der Waals surface area contributed by atoms with E-state index >= 15 is 0 Å². The molecular weight excluding hydrogens is 378 g/mol. The Morgan fingerprint density at radius 3 is 2.60 bits per heavy atom. The van der Waals surface area contributed by atoms with Crippen molar-refractivity contribution in [3.63, 3.8) is 0 Å². The van der Waals surface area contributed by atoms with Crippen LogP contribution >= 0.6 is 15.9 Å². The van der Waals surface area contributed by atoms with Gasteiger partial charge in [0.15, 0.2) is 0 Å². The molecule has 1 aromatic carbocycles. The zero-order valence-corrected chi connectivity index (χ0v) is 17.3. The summed E-state index contributed by atoms with van der Waals surface area (Å²) in [6.45, 7) is 9.38. The van der Waals surface area contributed by atoms with Crippen molar-refractivity contribution in [1.82, 2.24) is 4.90 Å². The van der Waals surface area contributed by atoms with Gasteiger partial charge in [-0.1, -0.05) is 27.8 Å². The van der Waals surface area contributed by atoms with Crippen molar-refractivity contribution in [3.8, 4) is 11.8 Å². The van der Waals surface area contributed by atoms with Crippen LogP contribution in [0.1, 0.15) is 57.6 Å². The van der Waals surface area contributed by atoms with Crippen molar-refractivity contribution in [2.24, 2.45) is 5.92 Å². The van der Waals surface area contributed by atoms with Gasteiger partial charge in [0.1, 0.15) is 5.60 Å². The number of nitrogens with zero attached hydrogens (tertiary/aromatic N) is 1. The summed E-state index contributed by atoms with van der Waals surface area (Å²) < 4.78 is 6.56. The number of aryl methyl sites for hydroxylation is 1. The van der Waals surface area contributed by atoms with Gasteiger partial charge in [0.25, 0.3) is 0 Å². The number of amides is 1. The second-order valence-corrected chi connectivity index (χ2v) is 8.57. The summed E-state index contributed by atoms with van der Waals surface area (Å²) in [4.78, 5) is 13.9. The first kappa shape index (κ1) is 19.8. The lowest BCUT2D eigenvalue weighted by Gasteiger charge is -2.33. The van der Waals surface area contributed by atoms with Gasteiger partial charge in [0, 0.05) is 29.5 Å². The number of carbonyl (C=O) groups is 1. The Morgan fingerprint density at radius 2 is 2.00 bits per heavy atom. The lowest BCUT2D eigenvalue weighted by Crippen LogP contribution is -2.41. The molecule has 3 nitrogen and oxygen atoms in total. The van der Waals surface area contributed by atoms with Crippen LogP contribution in [0.15, 0.2) is 22.7 Å². The average molecular weight is 406 g/mol. The molecule has 1 amide bonds. The summed E-state index contributed by atoms with van der Waals surface area (Å²) in [5, 5.41) is 0. The summed E-state index contributed by atoms with van der Waals surface area (Å²) in [6, 6.07) is 6.20. The molecule has 4 heteroatoms. The topological polar surface area (TPSA) is 29.5 Å². The number of piperidine rings is 1. The minimum absolute atomic E-state index is 0.184. The maximum atomic E-state index is 12.1. The lowest BCUT2D eigenvalue weighted by atomic mass is 9.92. The highest BCUT2D eigenvalue weighted by Crippen LogP contribution is 2.23.